The van der Waals surface area contributed by atoms with Gasteiger partial charge in [0.15, 0.2) is 0 Å². The molecule has 0 atom stereocenters. The highest BCUT2D eigenvalue weighted by atomic mass is 35.5. The van der Waals surface area contributed by atoms with Gasteiger partial charge in [0.2, 0.25) is 0 Å². The average Bonchev–Trinajstić information content (AvgIpc) is 3.07. The van der Waals surface area contributed by atoms with E-state index in [0.717, 1.165) is 11.3 Å². The Morgan fingerprint density at radius 1 is 1.18 bits per heavy atom. The van der Waals surface area contributed by atoms with Crippen molar-refractivity contribution in [2.45, 2.75) is 6.54 Å². The van der Waals surface area contributed by atoms with Crippen molar-refractivity contribution in [3.05, 3.63) is 83.4 Å². The zero-order chi connectivity index (χ0) is 15.4. The molecule has 0 aliphatic heterocycles. The number of amides is 1. The molecular formula is C17H14ClN3O. The number of rotatable bonds is 4. The van der Waals surface area contributed by atoms with E-state index in [-0.39, 0.29) is 5.91 Å². The maximum Gasteiger partial charge on any atom is 0.251 e. The van der Waals surface area contributed by atoms with Crippen molar-refractivity contribution in [3.8, 4) is 5.69 Å². The molecule has 4 nitrogen and oxygen atoms in total. The van der Waals surface area contributed by atoms with E-state index in [4.69, 9.17) is 11.6 Å². The Bertz CT molecular complexity index is 784. The predicted molar refractivity (Wildman–Crippen MR) is 86.2 cm³/mol. The first kappa shape index (κ1) is 14.4. The number of aromatic nitrogens is 2. The molecule has 2 aromatic carbocycles. The summed E-state index contributed by atoms with van der Waals surface area (Å²) in [6, 6.07) is 14.8. The Morgan fingerprint density at radius 3 is 2.82 bits per heavy atom. The van der Waals surface area contributed by atoms with Gasteiger partial charge in [-0.15, -0.1) is 0 Å². The normalized spacial score (nSPS) is 10.4. The number of para-hydroxylation sites is 1. The van der Waals surface area contributed by atoms with Crippen LogP contribution in [0.4, 0.5) is 0 Å². The number of imidazole rings is 1. The summed E-state index contributed by atoms with van der Waals surface area (Å²) in [5.74, 6) is -0.150. The molecule has 0 aliphatic carbocycles. The number of benzene rings is 2. The summed E-state index contributed by atoms with van der Waals surface area (Å²) in [5, 5.41) is 3.46. The maximum absolute atomic E-state index is 12.2. The molecule has 0 radical (unpaired) electrons. The summed E-state index contributed by atoms with van der Waals surface area (Å²) in [6.07, 6.45) is 5.33. The Morgan fingerprint density at radius 2 is 2.05 bits per heavy atom. The summed E-state index contributed by atoms with van der Waals surface area (Å²) in [4.78, 5) is 16.2. The topological polar surface area (TPSA) is 46.9 Å². The summed E-state index contributed by atoms with van der Waals surface area (Å²) in [6.45, 7) is 0.430. The minimum atomic E-state index is -0.150. The van der Waals surface area contributed by atoms with Crippen LogP contribution in [0.25, 0.3) is 5.69 Å². The zero-order valence-corrected chi connectivity index (χ0v) is 12.5. The highest BCUT2D eigenvalue weighted by Crippen LogP contribution is 2.15. The Kier molecular flexibility index (Phi) is 4.21. The summed E-state index contributed by atoms with van der Waals surface area (Å²) in [7, 11) is 0. The lowest BCUT2D eigenvalue weighted by Crippen LogP contribution is -2.23. The fraction of sp³-hybridized carbons (Fsp3) is 0.0588. The van der Waals surface area contributed by atoms with E-state index in [9.17, 15) is 4.79 Å². The molecule has 0 unspecified atom stereocenters. The number of carbonyl (C=O) groups excluding carboxylic acids is 1. The van der Waals surface area contributed by atoms with E-state index in [1.807, 2.05) is 35.0 Å². The lowest BCUT2D eigenvalue weighted by molar-refractivity contribution is 0.0951. The average molecular weight is 312 g/mol. The predicted octanol–water partition coefficient (Wildman–Crippen LogP) is 3.46. The van der Waals surface area contributed by atoms with Crippen LogP contribution in [0, 0.1) is 0 Å². The number of halogens is 1. The van der Waals surface area contributed by atoms with Crippen molar-refractivity contribution in [1.29, 1.82) is 0 Å². The molecule has 1 amide bonds. The van der Waals surface area contributed by atoms with Crippen LogP contribution in [-0.4, -0.2) is 15.5 Å². The van der Waals surface area contributed by atoms with Crippen molar-refractivity contribution < 1.29 is 4.79 Å². The highest BCUT2D eigenvalue weighted by Gasteiger charge is 2.08. The Labute approximate surface area is 133 Å². The number of hydrogen-bond donors (Lipinski definition) is 1. The second-order valence-corrected chi connectivity index (χ2v) is 5.23. The molecule has 3 rings (SSSR count). The van der Waals surface area contributed by atoms with Gasteiger partial charge in [0.1, 0.15) is 0 Å². The summed E-state index contributed by atoms with van der Waals surface area (Å²) < 4.78 is 1.92. The molecule has 0 bridgehead atoms. The van der Waals surface area contributed by atoms with Gasteiger partial charge in [-0.1, -0.05) is 35.9 Å². The second kappa shape index (κ2) is 6.45. The van der Waals surface area contributed by atoms with Crippen molar-refractivity contribution in [2.75, 3.05) is 0 Å². The first-order valence-corrected chi connectivity index (χ1v) is 7.22. The Balaban J connectivity index is 1.76. The SMILES string of the molecule is O=C(NCc1ccccc1-n1ccnc1)c1cccc(Cl)c1. The van der Waals surface area contributed by atoms with Crippen LogP contribution in [0.3, 0.4) is 0 Å². The molecule has 1 heterocycles. The quantitative estimate of drug-likeness (QED) is 0.802. The molecule has 3 aromatic rings. The van der Waals surface area contributed by atoms with Gasteiger partial charge in [-0.05, 0) is 29.8 Å². The van der Waals surface area contributed by atoms with Crippen LogP contribution in [0.15, 0.2) is 67.3 Å². The zero-order valence-electron chi connectivity index (χ0n) is 11.7. The van der Waals surface area contributed by atoms with Crippen molar-refractivity contribution >= 4 is 17.5 Å². The van der Waals surface area contributed by atoms with Gasteiger partial charge < -0.3 is 9.88 Å². The van der Waals surface area contributed by atoms with E-state index in [0.29, 0.717) is 17.1 Å². The van der Waals surface area contributed by atoms with Crippen LogP contribution in [-0.2, 0) is 6.54 Å². The van der Waals surface area contributed by atoms with Gasteiger partial charge in [-0.25, -0.2) is 4.98 Å². The Hall–Kier alpha value is -2.59. The van der Waals surface area contributed by atoms with E-state index < -0.39 is 0 Å². The van der Waals surface area contributed by atoms with Crippen molar-refractivity contribution in [1.82, 2.24) is 14.9 Å². The van der Waals surface area contributed by atoms with Gasteiger partial charge in [0.25, 0.3) is 5.91 Å². The van der Waals surface area contributed by atoms with Gasteiger partial charge in [0, 0.05) is 29.5 Å². The van der Waals surface area contributed by atoms with Gasteiger partial charge >= 0.3 is 0 Å². The van der Waals surface area contributed by atoms with Crippen LogP contribution >= 0.6 is 11.6 Å². The molecule has 5 heteroatoms. The van der Waals surface area contributed by atoms with Crippen LogP contribution in [0.5, 0.6) is 0 Å². The number of nitrogens with zero attached hydrogens (tertiary/aromatic N) is 2. The molecule has 110 valence electrons. The standard InChI is InChI=1S/C17H14ClN3O/c18-15-6-3-5-13(10-15)17(22)20-11-14-4-1-2-7-16(14)21-9-8-19-12-21/h1-10,12H,11H2,(H,20,22). The minimum absolute atomic E-state index is 0.150. The smallest absolute Gasteiger partial charge is 0.251 e. The number of hydrogen-bond acceptors (Lipinski definition) is 2. The van der Waals surface area contributed by atoms with Gasteiger partial charge in [-0.3, -0.25) is 4.79 Å². The van der Waals surface area contributed by atoms with Gasteiger partial charge in [0.05, 0.1) is 12.0 Å². The largest absolute Gasteiger partial charge is 0.348 e. The minimum Gasteiger partial charge on any atom is -0.348 e. The summed E-state index contributed by atoms with van der Waals surface area (Å²) in [5.41, 5.74) is 2.55. The molecule has 0 spiro atoms. The fourth-order valence-corrected chi connectivity index (χ4v) is 2.41. The molecule has 0 saturated heterocycles. The number of carbonyl (C=O) groups is 1. The maximum atomic E-state index is 12.2. The fourth-order valence-electron chi connectivity index (χ4n) is 2.22. The molecule has 0 fully saturated rings. The van der Waals surface area contributed by atoms with E-state index in [2.05, 4.69) is 10.3 Å². The molecule has 22 heavy (non-hydrogen) atoms. The van der Waals surface area contributed by atoms with Crippen LogP contribution in [0.1, 0.15) is 15.9 Å². The third-order valence-corrected chi connectivity index (χ3v) is 3.54. The monoisotopic (exact) mass is 311 g/mol. The highest BCUT2D eigenvalue weighted by molar-refractivity contribution is 6.30. The summed E-state index contributed by atoms with van der Waals surface area (Å²) >= 11 is 5.91. The number of nitrogens with one attached hydrogen (secondary N) is 1. The molecule has 0 saturated carbocycles. The third-order valence-electron chi connectivity index (χ3n) is 3.30. The van der Waals surface area contributed by atoms with E-state index in [1.165, 1.54) is 0 Å². The van der Waals surface area contributed by atoms with Crippen molar-refractivity contribution in [3.63, 3.8) is 0 Å². The van der Waals surface area contributed by atoms with E-state index >= 15 is 0 Å². The molecule has 1 N–H and O–H groups in total. The van der Waals surface area contributed by atoms with Crippen LogP contribution in [0.2, 0.25) is 5.02 Å². The first-order valence-electron chi connectivity index (χ1n) is 6.84. The molecular weight excluding hydrogens is 298 g/mol. The molecule has 0 aliphatic rings. The lowest BCUT2D eigenvalue weighted by atomic mass is 10.1. The van der Waals surface area contributed by atoms with E-state index in [1.54, 1.807) is 36.8 Å². The lowest BCUT2D eigenvalue weighted by Gasteiger charge is -2.11. The third kappa shape index (κ3) is 3.18. The second-order valence-electron chi connectivity index (χ2n) is 4.79. The van der Waals surface area contributed by atoms with Crippen molar-refractivity contribution in [2.24, 2.45) is 0 Å². The molecule has 1 aromatic heterocycles. The first-order chi connectivity index (χ1) is 10.7. The van der Waals surface area contributed by atoms with Crippen LogP contribution < -0.4 is 5.32 Å². The van der Waals surface area contributed by atoms with Gasteiger partial charge in [-0.2, -0.15) is 0 Å².